The number of aliphatic hydroxyl groups excluding tert-OH is 1. The molecule has 0 radical (unpaired) electrons. The number of thioether (sulfide) groups is 1. The number of benzene rings is 1. The van der Waals surface area contributed by atoms with Gasteiger partial charge >= 0.3 is 0 Å². The Labute approximate surface area is 120 Å². The van der Waals surface area contributed by atoms with Crippen LogP contribution in [0, 0.1) is 11.8 Å². The fourth-order valence-corrected chi connectivity index (χ4v) is 2.39. The highest BCUT2D eigenvalue weighted by Crippen LogP contribution is 2.13. The van der Waals surface area contributed by atoms with E-state index in [0.717, 1.165) is 23.7 Å². The van der Waals surface area contributed by atoms with E-state index in [0.29, 0.717) is 0 Å². The fourth-order valence-electron chi connectivity index (χ4n) is 1.58. The molecule has 1 aromatic carbocycles. The van der Waals surface area contributed by atoms with Gasteiger partial charge in [-0.3, -0.25) is 0 Å². The predicted molar refractivity (Wildman–Crippen MR) is 82.8 cm³/mol. The Kier molecular flexibility index (Phi) is 9.05. The molecule has 1 aromatic rings. The minimum absolute atomic E-state index is 0.112. The molecule has 0 aliphatic rings. The van der Waals surface area contributed by atoms with Crippen molar-refractivity contribution in [1.29, 1.82) is 0 Å². The molecule has 104 valence electrons. The SMILES string of the molecule is CCCCCSCCOc1cccc(C#CCO)c1. The second-order valence-corrected chi connectivity index (χ2v) is 5.38. The number of unbranched alkanes of at least 4 members (excludes halogenated alkanes) is 2. The number of hydrogen-bond donors (Lipinski definition) is 1. The van der Waals surface area contributed by atoms with Gasteiger partial charge in [0.05, 0.1) is 6.61 Å². The summed E-state index contributed by atoms with van der Waals surface area (Å²) in [7, 11) is 0. The van der Waals surface area contributed by atoms with Crippen LogP contribution in [-0.4, -0.2) is 29.8 Å². The molecule has 1 rings (SSSR count). The largest absolute Gasteiger partial charge is 0.493 e. The van der Waals surface area contributed by atoms with Crippen LogP contribution >= 0.6 is 11.8 Å². The molecule has 0 bridgehead atoms. The number of aliphatic hydroxyl groups is 1. The average molecular weight is 278 g/mol. The van der Waals surface area contributed by atoms with Crippen LogP contribution in [0.25, 0.3) is 0 Å². The molecule has 3 heteroatoms. The summed E-state index contributed by atoms with van der Waals surface area (Å²) in [6.45, 7) is 2.84. The first-order valence-corrected chi connectivity index (χ1v) is 7.92. The monoisotopic (exact) mass is 278 g/mol. The van der Waals surface area contributed by atoms with E-state index < -0.39 is 0 Å². The summed E-state index contributed by atoms with van der Waals surface area (Å²) in [5.74, 6) is 8.60. The molecule has 0 aliphatic carbocycles. The van der Waals surface area contributed by atoms with Crippen molar-refractivity contribution in [1.82, 2.24) is 0 Å². The quantitative estimate of drug-likeness (QED) is 0.584. The van der Waals surface area contributed by atoms with Crippen LogP contribution in [-0.2, 0) is 0 Å². The van der Waals surface area contributed by atoms with Crippen molar-refractivity contribution in [3.8, 4) is 17.6 Å². The molecule has 19 heavy (non-hydrogen) atoms. The molecule has 0 aromatic heterocycles. The molecule has 0 saturated heterocycles. The molecule has 0 amide bonds. The first kappa shape index (κ1) is 15.9. The summed E-state index contributed by atoms with van der Waals surface area (Å²) in [6, 6.07) is 7.68. The van der Waals surface area contributed by atoms with Gasteiger partial charge in [-0.2, -0.15) is 11.8 Å². The van der Waals surface area contributed by atoms with E-state index in [9.17, 15) is 0 Å². The third-order valence-electron chi connectivity index (χ3n) is 2.53. The lowest BCUT2D eigenvalue weighted by atomic mass is 10.2. The molecular formula is C16H22O2S. The van der Waals surface area contributed by atoms with E-state index in [1.54, 1.807) is 0 Å². The lowest BCUT2D eigenvalue weighted by Gasteiger charge is -2.06. The van der Waals surface area contributed by atoms with Crippen molar-refractivity contribution in [3.63, 3.8) is 0 Å². The molecular weight excluding hydrogens is 256 g/mol. The number of rotatable bonds is 8. The van der Waals surface area contributed by atoms with Crippen LogP contribution in [0.5, 0.6) is 5.75 Å². The minimum Gasteiger partial charge on any atom is -0.493 e. The van der Waals surface area contributed by atoms with Crippen LogP contribution < -0.4 is 4.74 Å². The average Bonchev–Trinajstić information content (AvgIpc) is 2.44. The highest BCUT2D eigenvalue weighted by atomic mass is 32.2. The van der Waals surface area contributed by atoms with Gasteiger partial charge in [0, 0.05) is 11.3 Å². The predicted octanol–water partition coefficient (Wildman–Crippen LogP) is 3.33. The van der Waals surface area contributed by atoms with Crippen molar-refractivity contribution in [2.45, 2.75) is 26.2 Å². The number of ether oxygens (including phenoxy) is 1. The van der Waals surface area contributed by atoms with Crippen LogP contribution in [0.2, 0.25) is 0 Å². The second kappa shape index (κ2) is 10.8. The first-order chi connectivity index (χ1) is 9.36. The minimum atomic E-state index is -0.112. The smallest absolute Gasteiger partial charge is 0.120 e. The zero-order valence-corrected chi connectivity index (χ0v) is 12.3. The van der Waals surface area contributed by atoms with Crippen LogP contribution in [0.4, 0.5) is 0 Å². The lowest BCUT2D eigenvalue weighted by molar-refractivity contribution is 0.344. The topological polar surface area (TPSA) is 29.5 Å². The Hall–Kier alpha value is -1.11. The summed E-state index contributed by atoms with van der Waals surface area (Å²) in [5, 5.41) is 8.65. The van der Waals surface area contributed by atoms with Gasteiger partial charge in [0.2, 0.25) is 0 Å². The molecule has 0 fully saturated rings. The molecule has 1 N–H and O–H groups in total. The first-order valence-electron chi connectivity index (χ1n) is 6.77. The zero-order chi connectivity index (χ0) is 13.8. The Morgan fingerprint density at radius 3 is 2.95 bits per heavy atom. The van der Waals surface area contributed by atoms with E-state index in [1.165, 1.54) is 25.0 Å². The van der Waals surface area contributed by atoms with Crippen molar-refractivity contribution < 1.29 is 9.84 Å². The van der Waals surface area contributed by atoms with Gasteiger partial charge in [-0.25, -0.2) is 0 Å². The molecule has 0 aliphatic heterocycles. The van der Waals surface area contributed by atoms with Gasteiger partial charge in [-0.1, -0.05) is 37.7 Å². The Balaban J connectivity index is 2.22. The highest BCUT2D eigenvalue weighted by molar-refractivity contribution is 7.99. The van der Waals surface area contributed by atoms with E-state index in [4.69, 9.17) is 9.84 Å². The van der Waals surface area contributed by atoms with Crippen molar-refractivity contribution in [3.05, 3.63) is 29.8 Å². The van der Waals surface area contributed by atoms with E-state index >= 15 is 0 Å². The van der Waals surface area contributed by atoms with Crippen LogP contribution in [0.3, 0.4) is 0 Å². The van der Waals surface area contributed by atoms with E-state index in [2.05, 4.69) is 18.8 Å². The zero-order valence-electron chi connectivity index (χ0n) is 11.5. The molecule has 0 heterocycles. The maximum Gasteiger partial charge on any atom is 0.120 e. The normalized spacial score (nSPS) is 9.79. The fraction of sp³-hybridized carbons (Fsp3) is 0.500. The molecule has 0 unspecified atom stereocenters. The number of hydrogen-bond acceptors (Lipinski definition) is 3. The van der Waals surface area contributed by atoms with Crippen molar-refractivity contribution in [2.24, 2.45) is 0 Å². The Bertz CT molecular complexity index is 407. The third-order valence-corrected chi connectivity index (χ3v) is 3.57. The molecule has 0 spiro atoms. The maximum atomic E-state index is 8.65. The summed E-state index contributed by atoms with van der Waals surface area (Å²) in [6.07, 6.45) is 3.89. The van der Waals surface area contributed by atoms with Gasteiger partial charge in [-0.05, 0) is 30.4 Å². The summed E-state index contributed by atoms with van der Waals surface area (Å²) in [4.78, 5) is 0. The summed E-state index contributed by atoms with van der Waals surface area (Å²) in [5.41, 5.74) is 0.877. The standard InChI is InChI=1S/C16H22O2S/c1-2-3-4-12-19-13-11-18-16-9-5-7-15(14-16)8-6-10-17/h5,7,9,14,17H,2-4,10-13H2,1H3. The molecule has 2 nitrogen and oxygen atoms in total. The summed E-state index contributed by atoms with van der Waals surface area (Å²) < 4.78 is 5.68. The van der Waals surface area contributed by atoms with Crippen LogP contribution in [0.15, 0.2) is 24.3 Å². The maximum absolute atomic E-state index is 8.65. The highest BCUT2D eigenvalue weighted by Gasteiger charge is 1.95. The van der Waals surface area contributed by atoms with Gasteiger partial charge in [0.1, 0.15) is 12.4 Å². The summed E-state index contributed by atoms with van der Waals surface area (Å²) >= 11 is 1.94. The van der Waals surface area contributed by atoms with Crippen molar-refractivity contribution >= 4 is 11.8 Å². The van der Waals surface area contributed by atoms with E-state index in [-0.39, 0.29) is 6.61 Å². The van der Waals surface area contributed by atoms with Crippen molar-refractivity contribution in [2.75, 3.05) is 24.7 Å². The molecule has 0 atom stereocenters. The Morgan fingerprint density at radius 2 is 2.16 bits per heavy atom. The van der Waals surface area contributed by atoms with Gasteiger partial charge in [-0.15, -0.1) is 0 Å². The lowest BCUT2D eigenvalue weighted by Crippen LogP contribution is -2.00. The molecule has 0 saturated carbocycles. The third kappa shape index (κ3) is 7.81. The van der Waals surface area contributed by atoms with Gasteiger partial charge < -0.3 is 9.84 Å². The Morgan fingerprint density at radius 1 is 1.26 bits per heavy atom. The second-order valence-electron chi connectivity index (χ2n) is 4.16. The van der Waals surface area contributed by atoms with Gasteiger partial charge in [0.25, 0.3) is 0 Å². The van der Waals surface area contributed by atoms with E-state index in [1.807, 2.05) is 36.0 Å². The van der Waals surface area contributed by atoms with Gasteiger partial charge in [0.15, 0.2) is 0 Å². The van der Waals surface area contributed by atoms with Crippen LogP contribution in [0.1, 0.15) is 31.7 Å².